The largest absolute Gasteiger partial charge is 0.370 e. The molecule has 1 fully saturated rings. The van der Waals surface area contributed by atoms with Crippen molar-refractivity contribution >= 4 is 41.5 Å². The van der Waals surface area contributed by atoms with Crippen LogP contribution >= 0.6 is 24.0 Å². The fraction of sp³-hybridized carbons (Fsp3) is 0.467. The molecule has 0 atom stereocenters. The number of amides is 1. The SMILES string of the molecule is Cc1cc(C)cc(NC(N)=NCC(=O)NCC2CC2)c1.I. The minimum atomic E-state index is -0.0814. The number of hydrogen-bond acceptors (Lipinski definition) is 2. The van der Waals surface area contributed by atoms with Crippen LogP contribution < -0.4 is 16.4 Å². The summed E-state index contributed by atoms with van der Waals surface area (Å²) >= 11 is 0. The van der Waals surface area contributed by atoms with Crippen molar-refractivity contribution in [2.45, 2.75) is 26.7 Å². The molecule has 1 saturated carbocycles. The summed E-state index contributed by atoms with van der Waals surface area (Å²) in [6.45, 7) is 4.88. The Morgan fingerprint density at radius 3 is 2.48 bits per heavy atom. The minimum Gasteiger partial charge on any atom is -0.370 e. The monoisotopic (exact) mass is 402 g/mol. The molecule has 0 bridgehead atoms. The molecule has 0 spiro atoms. The molecule has 0 saturated heterocycles. The van der Waals surface area contributed by atoms with E-state index < -0.39 is 0 Å². The molecule has 2 rings (SSSR count). The summed E-state index contributed by atoms with van der Waals surface area (Å²) in [5, 5.41) is 5.86. The number of hydrogen-bond donors (Lipinski definition) is 3. The highest BCUT2D eigenvalue weighted by molar-refractivity contribution is 14.0. The second kappa shape index (κ2) is 8.21. The Hall–Kier alpha value is -1.31. The third-order valence-corrected chi connectivity index (χ3v) is 3.17. The number of benzene rings is 1. The van der Waals surface area contributed by atoms with Crippen LogP contribution in [0.15, 0.2) is 23.2 Å². The predicted octanol–water partition coefficient (Wildman–Crippen LogP) is 2.17. The van der Waals surface area contributed by atoms with E-state index in [9.17, 15) is 4.79 Å². The van der Waals surface area contributed by atoms with E-state index in [-0.39, 0.29) is 42.4 Å². The van der Waals surface area contributed by atoms with Gasteiger partial charge >= 0.3 is 0 Å². The minimum absolute atomic E-state index is 0. The van der Waals surface area contributed by atoms with E-state index in [0.29, 0.717) is 5.92 Å². The molecule has 1 aromatic carbocycles. The van der Waals surface area contributed by atoms with Crippen molar-refractivity contribution in [1.29, 1.82) is 0 Å². The van der Waals surface area contributed by atoms with E-state index in [2.05, 4.69) is 21.7 Å². The van der Waals surface area contributed by atoms with Crippen LogP contribution in [0.2, 0.25) is 0 Å². The van der Waals surface area contributed by atoms with Crippen LogP contribution in [0.3, 0.4) is 0 Å². The van der Waals surface area contributed by atoms with Crippen molar-refractivity contribution in [3.05, 3.63) is 29.3 Å². The Kier molecular flexibility index (Phi) is 6.94. The van der Waals surface area contributed by atoms with Gasteiger partial charge in [0.25, 0.3) is 0 Å². The summed E-state index contributed by atoms with van der Waals surface area (Å²) in [5.74, 6) is 0.854. The number of nitrogens with one attached hydrogen (secondary N) is 2. The number of aliphatic imine (C=N–C) groups is 1. The maximum atomic E-state index is 11.5. The smallest absolute Gasteiger partial charge is 0.241 e. The molecular formula is C15H23IN4O. The zero-order chi connectivity index (χ0) is 14.5. The lowest BCUT2D eigenvalue weighted by Crippen LogP contribution is -2.30. The molecule has 0 aliphatic heterocycles. The average Bonchev–Trinajstić information content (AvgIpc) is 3.16. The van der Waals surface area contributed by atoms with Gasteiger partial charge in [0.05, 0.1) is 0 Å². The molecule has 21 heavy (non-hydrogen) atoms. The molecule has 1 aliphatic carbocycles. The summed E-state index contributed by atoms with van der Waals surface area (Å²) in [7, 11) is 0. The summed E-state index contributed by atoms with van der Waals surface area (Å²) in [6.07, 6.45) is 2.44. The van der Waals surface area contributed by atoms with E-state index in [1.807, 2.05) is 26.0 Å². The maximum absolute atomic E-state index is 11.5. The Morgan fingerprint density at radius 2 is 1.90 bits per heavy atom. The number of nitrogens with two attached hydrogens (primary N) is 1. The van der Waals surface area contributed by atoms with Gasteiger partial charge in [0.1, 0.15) is 6.54 Å². The first kappa shape index (κ1) is 17.7. The van der Waals surface area contributed by atoms with Gasteiger partial charge in [-0.3, -0.25) is 4.79 Å². The van der Waals surface area contributed by atoms with Crippen LogP contribution in [-0.4, -0.2) is 25.0 Å². The zero-order valence-corrected chi connectivity index (χ0v) is 14.8. The highest BCUT2D eigenvalue weighted by Crippen LogP contribution is 2.27. The average molecular weight is 402 g/mol. The molecule has 0 heterocycles. The number of anilines is 1. The van der Waals surface area contributed by atoms with Crippen molar-refractivity contribution in [3.8, 4) is 0 Å². The van der Waals surface area contributed by atoms with Gasteiger partial charge in [-0.2, -0.15) is 0 Å². The highest BCUT2D eigenvalue weighted by atomic mass is 127. The number of carbonyl (C=O) groups is 1. The summed E-state index contributed by atoms with van der Waals surface area (Å²) in [4.78, 5) is 15.6. The van der Waals surface area contributed by atoms with Crippen molar-refractivity contribution < 1.29 is 4.79 Å². The van der Waals surface area contributed by atoms with Gasteiger partial charge in [-0.15, -0.1) is 24.0 Å². The van der Waals surface area contributed by atoms with Crippen LogP contribution in [-0.2, 0) is 4.79 Å². The number of carbonyl (C=O) groups excluding carboxylic acids is 1. The maximum Gasteiger partial charge on any atom is 0.241 e. The molecule has 0 unspecified atom stereocenters. The topological polar surface area (TPSA) is 79.5 Å². The van der Waals surface area contributed by atoms with E-state index in [0.717, 1.165) is 23.4 Å². The fourth-order valence-corrected chi connectivity index (χ4v) is 2.03. The Bertz CT molecular complexity index is 506. The predicted molar refractivity (Wildman–Crippen MR) is 97.2 cm³/mol. The third-order valence-electron chi connectivity index (χ3n) is 3.17. The van der Waals surface area contributed by atoms with E-state index in [1.54, 1.807) is 0 Å². The van der Waals surface area contributed by atoms with E-state index >= 15 is 0 Å². The van der Waals surface area contributed by atoms with E-state index in [4.69, 9.17) is 5.73 Å². The molecular weight excluding hydrogens is 379 g/mol. The molecule has 0 radical (unpaired) electrons. The second-order valence-corrected chi connectivity index (χ2v) is 5.45. The number of nitrogens with zero attached hydrogens (tertiary/aromatic N) is 1. The second-order valence-electron chi connectivity index (χ2n) is 5.45. The molecule has 5 nitrogen and oxygen atoms in total. The quantitative estimate of drug-likeness (QED) is 0.401. The first-order valence-corrected chi connectivity index (χ1v) is 6.95. The lowest BCUT2D eigenvalue weighted by molar-refractivity contribution is -0.119. The van der Waals surface area contributed by atoms with Gasteiger partial charge in [0.15, 0.2) is 5.96 Å². The summed E-state index contributed by atoms with van der Waals surface area (Å²) < 4.78 is 0. The van der Waals surface area contributed by atoms with Gasteiger partial charge in [-0.1, -0.05) is 6.07 Å². The molecule has 0 aromatic heterocycles. The van der Waals surface area contributed by atoms with Crippen molar-refractivity contribution in [2.75, 3.05) is 18.4 Å². The number of halogens is 1. The molecule has 116 valence electrons. The van der Waals surface area contributed by atoms with Crippen molar-refractivity contribution in [3.63, 3.8) is 0 Å². The number of rotatable bonds is 5. The fourth-order valence-electron chi connectivity index (χ4n) is 2.03. The molecule has 4 N–H and O–H groups in total. The summed E-state index contributed by atoms with van der Waals surface area (Å²) in [5.41, 5.74) is 8.98. The van der Waals surface area contributed by atoms with Gasteiger partial charge < -0.3 is 16.4 Å². The Balaban J connectivity index is 0.00000220. The van der Waals surface area contributed by atoms with Crippen LogP contribution in [0.5, 0.6) is 0 Å². The summed E-state index contributed by atoms with van der Waals surface area (Å²) in [6, 6.07) is 6.06. The number of guanidine groups is 1. The van der Waals surface area contributed by atoms with Gasteiger partial charge in [-0.05, 0) is 55.9 Å². The highest BCUT2D eigenvalue weighted by Gasteiger charge is 2.21. The van der Waals surface area contributed by atoms with Crippen LogP contribution in [0, 0.1) is 19.8 Å². The Labute approximate surface area is 142 Å². The van der Waals surface area contributed by atoms with Gasteiger partial charge in [0, 0.05) is 12.2 Å². The van der Waals surface area contributed by atoms with Crippen molar-refractivity contribution in [1.82, 2.24) is 5.32 Å². The molecule has 1 amide bonds. The van der Waals surface area contributed by atoms with E-state index in [1.165, 1.54) is 12.8 Å². The normalized spacial score (nSPS) is 14.3. The standard InChI is InChI=1S/C15H22N4O.HI/c1-10-5-11(2)7-13(6-10)19-15(16)18-9-14(20)17-8-12-3-4-12;/h5-7,12H,3-4,8-9H2,1-2H3,(H,17,20)(H3,16,18,19);1H. The number of aryl methyl sites for hydroxylation is 2. The molecule has 1 aliphatic rings. The molecule has 6 heteroatoms. The van der Waals surface area contributed by atoms with Crippen LogP contribution in [0.4, 0.5) is 5.69 Å². The van der Waals surface area contributed by atoms with Crippen molar-refractivity contribution in [2.24, 2.45) is 16.6 Å². The van der Waals surface area contributed by atoms with Gasteiger partial charge in [0.2, 0.25) is 5.91 Å². The third kappa shape index (κ3) is 6.79. The first-order valence-electron chi connectivity index (χ1n) is 6.95. The Morgan fingerprint density at radius 1 is 1.29 bits per heavy atom. The van der Waals surface area contributed by atoms with Crippen LogP contribution in [0.1, 0.15) is 24.0 Å². The lowest BCUT2D eigenvalue weighted by atomic mass is 10.1. The van der Waals surface area contributed by atoms with Crippen LogP contribution in [0.25, 0.3) is 0 Å². The van der Waals surface area contributed by atoms with Gasteiger partial charge in [-0.25, -0.2) is 4.99 Å². The first-order chi connectivity index (χ1) is 9.52. The molecule has 1 aromatic rings. The zero-order valence-electron chi connectivity index (χ0n) is 12.5. The lowest BCUT2D eigenvalue weighted by Gasteiger charge is -2.08.